The molecule has 0 aliphatic heterocycles. The van der Waals surface area contributed by atoms with Crippen LogP contribution in [0.15, 0.2) is 0 Å². The number of hydrogen-bond donors (Lipinski definition) is 1. The lowest BCUT2D eigenvalue weighted by molar-refractivity contribution is -0.00272. The first-order valence-electron chi connectivity index (χ1n) is 6.61. The van der Waals surface area contributed by atoms with Crippen molar-refractivity contribution in [1.29, 1.82) is 0 Å². The fourth-order valence-electron chi connectivity index (χ4n) is 3.35. The van der Waals surface area contributed by atoms with Gasteiger partial charge in [0.1, 0.15) is 0 Å². The van der Waals surface area contributed by atoms with Crippen LogP contribution in [-0.4, -0.2) is 60.3 Å². The van der Waals surface area contributed by atoms with Crippen LogP contribution in [0.4, 0.5) is 0 Å². The van der Waals surface area contributed by atoms with Gasteiger partial charge in [-0.3, -0.25) is 4.90 Å². The van der Waals surface area contributed by atoms with E-state index in [9.17, 15) is 5.11 Å². The van der Waals surface area contributed by atoms with E-state index >= 15 is 0 Å². The largest absolute Gasteiger partial charge is 0.391 e. The van der Waals surface area contributed by atoms with E-state index in [1.807, 2.05) is 0 Å². The molecule has 0 radical (unpaired) electrons. The van der Waals surface area contributed by atoms with Gasteiger partial charge in [-0.05, 0) is 59.7 Å². The van der Waals surface area contributed by atoms with Crippen LogP contribution in [0, 0.1) is 0 Å². The summed E-state index contributed by atoms with van der Waals surface area (Å²) in [5.74, 6) is 0. The van der Waals surface area contributed by atoms with Gasteiger partial charge >= 0.3 is 0 Å². The molecule has 3 nitrogen and oxygen atoms in total. The van der Waals surface area contributed by atoms with Crippen molar-refractivity contribution in [2.45, 2.75) is 56.2 Å². The second-order valence-electron chi connectivity index (χ2n) is 5.95. The average molecular weight is 226 g/mol. The van der Waals surface area contributed by atoms with Crippen molar-refractivity contribution in [2.24, 2.45) is 0 Å². The van der Waals surface area contributed by atoms with Crippen molar-refractivity contribution in [3.8, 4) is 0 Å². The predicted octanol–water partition coefficient (Wildman–Crippen LogP) is 1.32. The minimum absolute atomic E-state index is 0.0933. The summed E-state index contributed by atoms with van der Waals surface area (Å²) < 4.78 is 0. The van der Waals surface area contributed by atoms with Crippen molar-refractivity contribution in [3.05, 3.63) is 0 Å². The zero-order valence-electron chi connectivity index (χ0n) is 10.9. The molecule has 0 heterocycles. The second-order valence-corrected chi connectivity index (χ2v) is 5.95. The van der Waals surface area contributed by atoms with Crippen molar-refractivity contribution < 1.29 is 5.11 Å². The van der Waals surface area contributed by atoms with Gasteiger partial charge in [0.15, 0.2) is 0 Å². The molecule has 0 spiro atoms. The van der Waals surface area contributed by atoms with Crippen LogP contribution < -0.4 is 0 Å². The molecule has 2 rings (SSSR count). The van der Waals surface area contributed by atoms with Gasteiger partial charge in [-0.25, -0.2) is 0 Å². The lowest BCUT2D eigenvalue weighted by atomic mass is 9.75. The number of rotatable bonds is 4. The normalized spacial score (nSPS) is 33.4. The summed E-state index contributed by atoms with van der Waals surface area (Å²) in [6.45, 7) is 1.11. The molecule has 2 fully saturated rings. The Hall–Kier alpha value is -0.120. The zero-order valence-corrected chi connectivity index (χ0v) is 10.9. The van der Waals surface area contributed by atoms with Gasteiger partial charge in [0.25, 0.3) is 0 Å². The summed E-state index contributed by atoms with van der Waals surface area (Å²) in [7, 11) is 6.57. The fraction of sp³-hybridized carbons (Fsp3) is 1.00. The number of likely N-dealkylation sites (N-methyl/N-ethyl adjacent to an activating group) is 2. The Morgan fingerprint density at radius 1 is 1.12 bits per heavy atom. The molecule has 2 saturated carbocycles. The number of hydrogen-bond acceptors (Lipinski definition) is 3. The van der Waals surface area contributed by atoms with Gasteiger partial charge < -0.3 is 10.0 Å². The monoisotopic (exact) mass is 226 g/mol. The van der Waals surface area contributed by atoms with Crippen LogP contribution in [0.5, 0.6) is 0 Å². The van der Waals surface area contributed by atoms with E-state index < -0.39 is 0 Å². The highest BCUT2D eigenvalue weighted by Gasteiger charge is 2.42. The Morgan fingerprint density at radius 2 is 1.81 bits per heavy atom. The zero-order chi connectivity index (χ0) is 11.8. The quantitative estimate of drug-likeness (QED) is 0.783. The van der Waals surface area contributed by atoms with E-state index in [0.717, 1.165) is 13.0 Å². The van der Waals surface area contributed by atoms with Crippen LogP contribution in [0.1, 0.15) is 38.5 Å². The van der Waals surface area contributed by atoms with Gasteiger partial charge in [0, 0.05) is 18.1 Å². The van der Waals surface area contributed by atoms with Crippen LogP contribution in [0.3, 0.4) is 0 Å². The highest BCUT2D eigenvalue weighted by Crippen LogP contribution is 2.38. The minimum Gasteiger partial charge on any atom is -0.391 e. The summed E-state index contributed by atoms with van der Waals surface area (Å²) in [6, 6.07) is 0.400. The van der Waals surface area contributed by atoms with Gasteiger partial charge in [-0.1, -0.05) is 0 Å². The van der Waals surface area contributed by atoms with E-state index in [0.29, 0.717) is 11.6 Å². The smallest absolute Gasteiger partial charge is 0.0695 e. The standard InChI is InChI=1S/C13H26N2O/c1-14(2)13(8-5-9-13)10-15(3)11-6-4-7-12(11)16/h11-12,16H,4-10H2,1-3H3/t11-,12-/m1/s1. The first kappa shape index (κ1) is 12.3. The lowest BCUT2D eigenvalue weighted by Crippen LogP contribution is -2.58. The number of aliphatic hydroxyl groups is 1. The predicted molar refractivity (Wildman–Crippen MR) is 66.5 cm³/mol. The van der Waals surface area contributed by atoms with Crippen LogP contribution in [-0.2, 0) is 0 Å². The van der Waals surface area contributed by atoms with Crippen LogP contribution in [0.2, 0.25) is 0 Å². The molecule has 16 heavy (non-hydrogen) atoms. The highest BCUT2D eigenvalue weighted by molar-refractivity contribution is 4.99. The van der Waals surface area contributed by atoms with E-state index in [2.05, 4.69) is 30.9 Å². The maximum atomic E-state index is 9.93. The Labute approximate surface area is 99.4 Å². The molecule has 2 aliphatic rings. The number of nitrogens with zero attached hydrogens (tertiary/aromatic N) is 2. The molecule has 94 valence electrons. The Kier molecular flexibility index (Phi) is 3.57. The molecule has 0 aromatic carbocycles. The molecule has 0 amide bonds. The van der Waals surface area contributed by atoms with E-state index in [1.54, 1.807) is 0 Å². The van der Waals surface area contributed by atoms with Crippen LogP contribution in [0.25, 0.3) is 0 Å². The molecule has 0 aromatic heterocycles. The van der Waals surface area contributed by atoms with Gasteiger partial charge in [0.05, 0.1) is 6.10 Å². The lowest BCUT2D eigenvalue weighted by Gasteiger charge is -2.50. The summed E-state index contributed by atoms with van der Waals surface area (Å²) in [6.07, 6.45) is 7.24. The van der Waals surface area contributed by atoms with Crippen molar-refractivity contribution >= 4 is 0 Å². The van der Waals surface area contributed by atoms with Crippen molar-refractivity contribution in [2.75, 3.05) is 27.7 Å². The summed E-state index contributed by atoms with van der Waals surface area (Å²) in [5, 5.41) is 9.93. The summed E-state index contributed by atoms with van der Waals surface area (Å²) in [5.41, 5.74) is 0.386. The SMILES string of the molecule is CN(CC1(N(C)C)CCC1)[C@@H]1CCC[C@H]1O. The highest BCUT2D eigenvalue weighted by atomic mass is 16.3. The second kappa shape index (κ2) is 4.63. The molecule has 3 heteroatoms. The summed E-state index contributed by atoms with van der Waals surface area (Å²) in [4.78, 5) is 4.78. The average Bonchev–Trinajstić information content (AvgIpc) is 2.57. The molecule has 0 bridgehead atoms. The third-order valence-electron chi connectivity index (χ3n) is 4.79. The first-order valence-corrected chi connectivity index (χ1v) is 6.61. The topological polar surface area (TPSA) is 26.7 Å². The Balaban J connectivity index is 1.93. The van der Waals surface area contributed by atoms with Gasteiger partial charge in [-0.2, -0.15) is 0 Å². The maximum Gasteiger partial charge on any atom is 0.0695 e. The fourth-order valence-corrected chi connectivity index (χ4v) is 3.35. The Bertz CT molecular complexity index is 238. The molecule has 1 N–H and O–H groups in total. The van der Waals surface area contributed by atoms with Gasteiger partial charge in [0.2, 0.25) is 0 Å². The molecule has 0 unspecified atom stereocenters. The molecule has 0 saturated heterocycles. The molecular weight excluding hydrogens is 200 g/mol. The first-order chi connectivity index (χ1) is 7.55. The van der Waals surface area contributed by atoms with E-state index in [-0.39, 0.29) is 6.10 Å². The third kappa shape index (κ3) is 2.13. The van der Waals surface area contributed by atoms with Gasteiger partial charge in [-0.15, -0.1) is 0 Å². The van der Waals surface area contributed by atoms with Crippen LogP contribution >= 0.6 is 0 Å². The molecule has 0 aromatic rings. The maximum absolute atomic E-state index is 9.93. The molecule has 2 atom stereocenters. The van der Waals surface area contributed by atoms with E-state index in [4.69, 9.17) is 0 Å². The Morgan fingerprint density at radius 3 is 2.19 bits per heavy atom. The van der Waals surface area contributed by atoms with E-state index in [1.165, 1.54) is 32.1 Å². The molecule has 2 aliphatic carbocycles. The van der Waals surface area contributed by atoms with Crippen molar-refractivity contribution in [1.82, 2.24) is 9.80 Å². The third-order valence-corrected chi connectivity index (χ3v) is 4.79. The van der Waals surface area contributed by atoms with Crippen molar-refractivity contribution in [3.63, 3.8) is 0 Å². The number of aliphatic hydroxyl groups excluding tert-OH is 1. The minimum atomic E-state index is -0.0933. The summed E-state index contributed by atoms with van der Waals surface area (Å²) >= 11 is 0. The molecular formula is C13H26N2O.